The van der Waals surface area contributed by atoms with Crippen molar-refractivity contribution in [2.24, 2.45) is 0 Å². The maximum Gasteiger partial charge on any atom is 0.250 e. The molecule has 0 atom stereocenters. The quantitative estimate of drug-likeness (QED) is 0.244. The molecule has 0 aliphatic rings. The molecule has 0 spiro atoms. The maximum absolute atomic E-state index is 12.5. The molecule has 1 amide bonds. The van der Waals surface area contributed by atoms with Crippen LogP contribution < -0.4 is 14.8 Å². The van der Waals surface area contributed by atoms with Crippen LogP contribution in [0.5, 0.6) is 11.5 Å². The van der Waals surface area contributed by atoms with Gasteiger partial charge in [-0.15, -0.1) is 11.3 Å². The minimum atomic E-state index is -0.250. The third-order valence-electron chi connectivity index (χ3n) is 5.00. The standard InChI is InChI=1S/C27H23BrN2O3S/c1-18-26(21-10-12-22(28)13-11-21)30-27(34-18)29-25(31)15-9-19-8-14-23(24(16-19)32-2)33-17-20-6-4-3-5-7-20/h3-16H,17H2,1-2H3,(H,29,30,31)/b15-9+. The van der Waals surface area contributed by atoms with E-state index >= 15 is 0 Å². The van der Waals surface area contributed by atoms with Gasteiger partial charge in [-0.1, -0.05) is 64.5 Å². The summed E-state index contributed by atoms with van der Waals surface area (Å²) < 4.78 is 12.4. The van der Waals surface area contributed by atoms with Gasteiger partial charge in [0.15, 0.2) is 16.6 Å². The van der Waals surface area contributed by atoms with Gasteiger partial charge in [0.25, 0.3) is 0 Å². The third kappa shape index (κ3) is 6.12. The van der Waals surface area contributed by atoms with Crippen molar-refractivity contribution in [3.63, 3.8) is 0 Å². The number of rotatable bonds is 8. The molecular formula is C27H23BrN2O3S. The Kier molecular flexibility index (Phi) is 7.77. The van der Waals surface area contributed by atoms with E-state index < -0.39 is 0 Å². The number of halogens is 1. The highest BCUT2D eigenvalue weighted by atomic mass is 79.9. The summed E-state index contributed by atoms with van der Waals surface area (Å²) in [5.41, 5.74) is 3.78. The van der Waals surface area contributed by atoms with Crippen LogP contribution in [0.1, 0.15) is 16.0 Å². The number of aromatic nitrogens is 1. The highest BCUT2D eigenvalue weighted by molar-refractivity contribution is 9.10. The lowest BCUT2D eigenvalue weighted by Gasteiger charge is -2.11. The summed E-state index contributed by atoms with van der Waals surface area (Å²) in [7, 11) is 1.60. The average molecular weight is 535 g/mol. The number of hydrogen-bond acceptors (Lipinski definition) is 5. The Hall–Kier alpha value is -3.42. The number of anilines is 1. The predicted octanol–water partition coefficient (Wildman–Crippen LogP) is 7.12. The van der Waals surface area contributed by atoms with Gasteiger partial charge < -0.3 is 9.47 Å². The molecule has 0 saturated heterocycles. The van der Waals surface area contributed by atoms with Crippen molar-refractivity contribution in [3.05, 3.63) is 99.3 Å². The lowest BCUT2D eigenvalue weighted by atomic mass is 10.1. The monoisotopic (exact) mass is 534 g/mol. The van der Waals surface area contributed by atoms with E-state index in [-0.39, 0.29) is 5.91 Å². The van der Waals surface area contributed by atoms with Crippen LogP contribution in [0.25, 0.3) is 17.3 Å². The van der Waals surface area contributed by atoms with Crippen molar-refractivity contribution in [1.29, 1.82) is 0 Å². The summed E-state index contributed by atoms with van der Waals surface area (Å²) in [6, 6.07) is 23.4. The normalized spacial score (nSPS) is 10.9. The second-order valence-corrected chi connectivity index (χ2v) is 9.56. The molecular weight excluding hydrogens is 512 g/mol. The molecule has 0 unspecified atom stereocenters. The fourth-order valence-corrected chi connectivity index (χ4v) is 4.39. The predicted molar refractivity (Wildman–Crippen MR) is 141 cm³/mol. The van der Waals surface area contributed by atoms with Gasteiger partial charge in [-0.2, -0.15) is 0 Å². The second-order valence-electron chi connectivity index (χ2n) is 7.44. The lowest BCUT2D eigenvalue weighted by molar-refractivity contribution is -0.111. The van der Waals surface area contributed by atoms with Crippen LogP contribution in [0.3, 0.4) is 0 Å². The fourth-order valence-electron chi connectivity index (χ4n) is 3.29. The first-order valence-electron chi connectivity index (χ1n) is 10.6. The van der Waals surface area contributed by atoms with Gasteiger partial charge in [0.1, 0.15) is 6.61 Å². The number of amides is 1. The van der Waals surface area contributed by atoms with Gasteiger partial charge >= 0.3 is 0 Å². The molecule has 7 heteroatoms. The first-order chi connectivity index (χ1) is 16.5. The Balaban J connectivity index is 1.40. The van der Waals surface area contributed by atoms with Gasteiger partial charge in [0, 0.05) is 21.0 Å². The highest BCUT2D eigenvalue weighted by Gasteiger charge is 2.11. The topological polar surface area (TPSA) is 60.5 Å². The van der Waals surface area contributed by atoms with Crippen molar-refractivity contribution in [3.8, 4) is 22.8 Å². The number of nitrogens with zero attached hydrogens (tertiary/aromatic N) is 1. The van der Waals surface area contributed by atoms with Crippen LogP contribution in [-0.4, -0.2) is 18.0 Å². The summed E-state index contributed by atoms with van der Waals surface area (Å²) in [4.78, 5) is 18.1. The Morgan fingerprint density at radius 1 is 1.06 bits per heavy atom. The van der Waals surface area contributed by atoms with Gasteiger partial charge in [0.2, 0.25) is 5.91 Å². The second kappa shape index (κ2) is 11.1. The van der Waals surface area contributed by atoms with E-state index in [4.69, 9.17) is 9.47 Å². The molecule has 3 aromatic carbocycles. The molecule has 1 N–H and O–H groups in total. The number of carbonyl (C=O) groups is 1. The summed E-state index contributed by atoms with van der Waals surface area (Å²) >= 11 is 4.89. The molecule has 0 fully saturated rings. The van der Waals surface area contributed by atoms with Crippen LogP contribution in [0.4, 0.5) is 5.13 Å². The highest BCUT2D eigenvalue weighted by Crippen LogP contribution is 2.31. The zero-order valence-corrected chi connectivity index (χ0v) is 21.2. The van der Waals surface area contributed by atoms with E-state index in [2.05, 4.69) is 26.2 Å². The Morgan fingerprint density at radius 3 is 2.56 bits per heavy atom. The number of thiazole rings is 1. The summed E-state index contributed by atoms with van der Waals surface area (Å²) in [5.74, 6) is 0.999. The molecule has 4 rings (SSSR count). The van der Waals surface area contributed by atoms with E-state index in [0.29, 0.717) is 23.2 Å². The molecule has 0 aliphatic carbocycles. The number of carbonyl (C=O) groups excluding carboxylic acids is 1. The van der Waals surface area contributed by atoms with Crippen LogP contribution in [0.15, 0.2) is 83.3 Å². The molecule has 0 radical (unpaired) electrons. The van der Waals surface area contributed by atoms with Crippen molar-refractivity contribution in [2.75, 3.05) is 12.4 Å². The van der Waals surface area contributed by atoms with Gasteiger partial charge in [-0.3, -0.25) is 10.1 Å². The number of aryl methyl sites for hydroxylation is 1. The van der Waals surface area contributed by atoms with Crippen LogP contribution in [0, 0.1) is 6.92 Å². The average Bonchev–Trinajstić information content (AvgIpc) is 3.22. The minimum absolute atomic E-state index is 0.250. The smallest absolute Gasteiger partial charge is 0.250 e. The molecule has 0 saturated carbocycles. The summed E-state index contributed by atoms with van der Waals surface area (Å²) in [5, 5.41) is 3.41. The fraction of sp³-hybridized carbons (Fsp3) is 0.111. The van der Waals surface area contributed by atoms with Crippen molar-refractivity contribution < 1.29 is 14.3 Å². The third-order valence-corrected chi connectivity index (χ3v) is 6.41. The molecule has 172 valence electrons. The summed E-state index contributed by atoms with van der Waals surface area (Å²) in [6.45, 7) is 2.44. The summed E-state index contributed by atoms with van der Waals surface area (Å²) in [6.07, 6.45) is 3.21. The molecule has 34 heavy (non-hydrogen) atoms. The van der Waals surface area contributed by atoms with Crippen LogP contribution >= 0.6 is 27.3 Å². The molecule has 1 aromatic heterocycles. The number of ether oxygens (including phenoxy) is 2. The van der Waals surface area contributed by atoms with Crippen molar-refractivity contribution >= 4 is 44.4 Å². The molecule has 0 bridgehead atoms. The van der Waals surface area contributed by atoms with E-state index in [1.54, 1.807) is 13.2 Å². The van der Waals surface area contributed by atoms with Gasteiger partial charge in [0.05, 0.1) is 12.8 Å². The Bertz CT molecular complexity index is 1300. The lowest BCUT2D eigenvalue weighted by Crippen LogP contribution is -2.07. The zero-order valence-electron chi connectivity index (χ0n) is 18.7. The Morgan fingerprint density at radius 2 is 1.82 bits per heavy atom. The van der Waals surface area contributed by atoms with E-state index in [0.717, 1.165) is 31.7 Å². The van der Waals surface area contributed by atoms with Crippen LogP contribution in [0.2, 0.25) is 0 Å². The van der Waals surface area contributed by atoms with E-state index in [9.17, 15) is 4.79 Å². The molecule has 5 nitrogen and oxygen atoms in total. The van der Waals surface area contributed by atoms with E-state index in [1.165, 1.54) is 17.4 Å². The van der Waals surface area contributed by atoms with Crippen molar-refractivity contribution in [2.45, 2.75) is 13.5 Å². The number of hydrogen-bond donors (Lipinski definition) is 1. The van der Waals surface area contributed by atoms with Crippen LogP contribution in [-0.2, 0) is 11.4 Å². The first-order valence-corrected chi connectivity index (χ1v) is 12.2. The number of nitrogens with one attached hydrogen (secondary N) is 1. The first kappa shape index (κ1) is 23.7. The number of methoxy groups -OCH3 is 1. The molecule has 1 heterocycles. The van der Waals surface area contributed by atoms with Crippen molar-refractivity contribution in [1.82, 2.24) is 4.98 Å². The zero-order chi connectivity index (χ0) is 23.9. The van der Waals surface area contributed by atoms with Gasteiger partial charge in [-0.25, -0.2) is 4.98 Å². The van der Waals surface area contributed by atoms with Gasteiger partial charge in [-0.05, 0) is 48.4 Å². The van der Waals surface area contributed by atoms with E-state index in [1.807, 2.05) is 79.7 Å². The Labute approximate surface area is 211 Å². The minimum Gasteiger partial charge on any atom is -0.493 e. The largest absolute Gasteiger partial charge is 0.493 e. The molecule has 4 aromatic rings. The maximum atomic E-state index is 12.5. The SMILES string of the molecule is COc1cc(/C=C/C(=O)Nc2nc(-c3ccc(Br)cc3)c(C)s2)ccc1OCc1ccccc1. The molecule has 0 aliphatic heterocycles. The number of benzene rings is 3.